The van der Waals surface area contributed by atoms with Gasteiger partial charge in [0.25, 0.3) is 5.56 Å². The molecule has 13 heteroatoms. The highest BCUT2D eigenvalue weighted by Crippen LogP contribution is 2.39. The van der Waals surface area contributed by atoms with E-state index in [-0.39, 0.29) is 17.1 Å². The molecule has 4 aromatic rings. The van der Waals surface area contributed by atoms with Crippen molar-refractivity contribution in [2.45, 2.75) is 31.0 Å². The van der Waals surface area contributed by atoms with Crippen LogP contribution < -0.4 is 10.3 Å². The van der Waals surface area contributed by atoms with E-state index < -0.39 is 52.2 Å². The van der Waals surface area contributed by atoms with Crippen molar-refractivity contribution in [1.82, 2.24) is 24.5 Å². The monoisotopic (exact) mass is 533 g/mol. The van der Waals surface area contributed by atoms with Gasteiger partial charge in [-0.15, -0.1) is 0 Å². The van der Waals surface area contributed by atoms with Crippen LogP contribution in [-0.4, -0.2) is 38.2 Å². The van der Waals surface area contributed by atoms with Crippen molar-refractivity contribution in [3.8, 4) is 17.1 Å². The Balaban J connectivity index is 1.68. The fourth-order valence-electron chi connectivity index (χ4n) is 4.47. The zero-order chi connectivity index (χ0) is 27.2. The molecule has 0 radical (unpaired) electrons. The molecule has 0 amide bonds. The summed E-state index contributed by atoms with van der Waals surface area (Å²) in [6, 6.07) is 6.04. The van der Waals surface area contributed by atoms with Crippen LogP contribution in [0.1, 0.15) is 42.1 Å². The van der Waals surface area contributed by atoms with Crippen molar-refractivity contribution >= 4 is 11.0 Å². The fraction of sp³-hybridized carbons (Fsp3) is 0.320. The molecule has 0 spiro atoms. The molecule has 8 nitrogen and oxygen atoms in total. The maximum absolute atomic E-state index is 14.8. The highest BCUT2D eigenvalue weighted by atomic mass is 19.4. The number of pyridine rings is 1. The summed E-state index contributed by atoms with van der Waals surface area (Å²) >= 11 is 0. The maximum atomic E-state index is 14.8. The molecule has 4 heterocycles. The lowest BCUT2D eigenvalue weighted by Gasteiger charge is -2.29. The number of halogens is 5. The number of hydrogen-bond acceptors (Lipinski definition) is 7. The summed E-state index contributed by atoms with van der Waals surface area (Å²) < 4.78 is 80.8. The largest absolute Gasteiger partial charge is 0.481 e. The minimum absolute atomic E-state index is 0.115. The molecule has 0 bridgehead atoms. The van der Waals surface area contributed by atoms with E-state index in [2.05, 4.69) is 19.9 Å². The van der Waals surface area contributed by atoms with Crippen molar-refractivity contribution in [2.75, 3.05) is 13.7 Å². The first kappa shape index (κ1) is 25.6. The van der Waals surface area contributed by atoms with Gasteiger partial charge in [-0.25, -0.2) is 28.7 Å². The van der Waals surface area contributed by atoms with Crippen molar-refractivity contribution in [3.05, 3.63) is 75.7 Å². The van der Waals surface area contributed by atoms with Gasteiger partial charge in [0.05, 0.1) is 13.2 Å². The summed E-state index contributed by atoms with van der Waals surface area (Å²) in [5, 5.41) is 0. The normalized spacial score (nSPS) is 18.1. The zero-order valence-electron chi connectivity index (χ0n) is 20.1. The average Bonchev–Trinajstić information content (AvgIpc) is 2.90. The number of hydrogen-bond donors (Lipinski definition) is 0. The lowest BCUT2D eigenvalue weighted by Crippen LogP contribution is -2.29. The third-order valence-electron chi connectivity index (χ3n) is 6.37. The SMILES string of the molecule is COc1cc([C@@H]2C[C@H](c3nc(-c4ccc(F)cc4F)c4nc(C(F)(F)F)n(C)c(=O)c4n3)CCO2)ccn1. The van der Waals surface area contributed by atoms with E-state index in [9.17, 15) is 26.7 Å². The first-order valence-corrected chi connectivity index (χ1v) is 11.5. The van der Waals surface area contributed by atoms with Gasteiger partial charge in [-0.05, 0) is 36.6 Å². The Labute approximate surface area is 212 Å². The molecule has 1 aromatic carbocycles. The van der Waals surface area contributed by atoms with E-state index >= 15 is 0 Å². The number of aromatic nitrogens is 5. The number of fused-ring (bicyclic) bond motifs is 1. The molecule has 198 valence electrons. The molecule has 5 rings (SSSR count). The smallest absolute Gasteiger partial charge is 0.449 e. The molecule has 3 aromatic heterocycles. The molecule has 38 heavy (non-hydrogen) atoms. The van der Waals surface area contributed by atoms with Gasteiger partial charge in [0.1, 0.15) is 28.7 Å². The van der Waals surface area contributed by atoms with Crippen LogP contribution in [0.3, 0.4) is 0 Å². The summed E-state index contributed by atoms with van der Waals surface area (Å²) in [4.78, 5) is 29.5. The molecule has 0 saturated carbocycles. The van der Waals surface area contributed by atoms with E-state index in [0.29, 0.717) is 36.0 Å². The van der Waals surface area contributed by atoms with E-state index in [1.807, 2.05) is 0 Å². The Morgan fingerprint density at radius 2 is 1.87 bits per heavy atom. The van der Waals surface area contributed by atoms with Crippen molar-refractivity contribution < 1.29 is 31.4 Å². The number of alkyl halides is 3. The second-order valence-electron chi connectivity index (χ2n) is 8.76. The Morgan fingerprint density at radius 3 is 2.58 bits per heavy atom. The van der Waals surface area contributed by atoms with Crippen LogP contribution in [0.15, 0.2) is 41.3 Å². The molecule has 2 atom stereocenters. The van der Waals surface area contributed by atoms with Crippen LogP contribution in [0.4, 0.5) is 22.0 Å². The van der Waals surface area contributed by atoms with Gasteiger partial charge in [-0.2, -0.15) is 13.2 Å². The molecule has 1 saturated heterocycles. The third-order valence-corrected chi connectivity index (χ3v) is 6.37. The Bertz CT molecular complexity index is 1590. The lowest BCUT2D eigenvalue weighted by atomic mass is 9.91. The Kier molecular flexibility index (Phi) is 6.55. The second kappa shape index (κ2) is 9.71. The molecule has 0 unspecified atom stereocenters. The summed E-state index contributed by atoms with van der Waals surface area (Å²) in [5.74, 6) is -3.34. The van der Waals surface area contributed by atoms with Crippen molar-refractivity contribution in [3.63, 3.8) is 0 Å². The number of ether oxygens (including phenoxy) is 2. The standard InChI is InChI=1S/C25H20F5N5O3/c1-35-23(36)21-20(34-24(35)25(28,29)30)19(15-4-3-14(26)11-16(15)27)32-22(33-21)13-6-8-38-17(9-13)12-5-7-31-18(10-12)37-2/h3-5,7,10-11,13,17H,6,8-9H2,1-2H3/t13-,17+/m1/s1. The average molecular weight is 533 g/mol. The summed E-state index contributed by atoms with van der Waals surface area (Å²) in [6.45, 7) is 0.297. The molecular formula is C25H20F5N5O3. The van der Waals surface area contributed by atoms with Crippen LogP contribution in [0.25, 0.3) is 22.3 Å². The maximum Gasteiger partial charge on any atom is 0.449 e. The first-order valence-electron chi connectivity index (χ1n) is 11.5. The Morgan fingerprint density at radius 1 is 1.08 bits per heavy atom. The lowest BCUT2D eigenvalue weighted by molar-refractivity contribution is -0.147. The molecule has 1 fully saturated rings. The Hall–Kier alpha value is -4.00. The van der Waals surface area contributed by atoms with E-state index in [0.717, 1.165) is 24.7 Å². The molecular weight excluding hydrogens is 513 g/mol. The molecule has 0 N–H and O–H groups in total. The summed E-state index contributed by atoms with van der Waals surface area (Å²) in [7, 11) is 2.41. The first-order chi connectivity index (χ1) is 18.1. The van der Waals surface area contributed by atoms with E-state index in [1.165, 1.54) is 7.11 Å². The number of methoxy groups -OCH3 is 1. The quantitative estimate of drug-likeness (QED) is 0.351. The summed E-state index contributed by atoms with van der Waals surface area (Å²) in [5.41, 5.74) is -1.87. The van der Waals surface area contributed by atoms with Gasteiger partial charge < -0.3 is 9.47 Å². The van der Waals surface area contributed by atoms with Gasteiger partial charge in [-0.1, -0.05) is 0 Å². The number of benzene rings is 1. The number of rotatable bonds is 4. The highest BCUT2D eigenvalue weighted by molar-refractivity contribution is 5.88. The van der Waals surface area contributed by atoms with Crippen LogP contribution in [0.2, 0.25) is 0 Å². The molecule has 1 aliphatic heterocycles. The highest BCUT2D eigenvalue weighted by Gasteiger charge is 2.38. The van der Waals surface area contributed by atoms with E-state index in [1.54, 1.807) is 18.3 Å². The van der Waals surface area contributed by atoms with Crippen LogP contribution >= 0.6 is 0 Å². The number of nitrogens with zero attached hydrogens (tertiary/aromatic N) is 5. The minimum Gasteiger partial charge on any atom is -0.481 e. The van der Waals surface area contributed by atoms with Gasteiger partial charge >= 0.3 is 6.18 Å². The topological polar surface area (TPSA) is 92.0 Å². The molecule has 0 aliphatic carbocycles. The third kappa shape index (κ3) is 4.69. The minimum atomic E-state index is -4.97. The van der Waals surface area contributed by atoms with Crippen LogP contribution in [0, 0.1) is 11.6 Å². The van der Waals surface area contributed by atoms with Gasteiger partial charge in [-0.3, -0.25) is 9.36 Å². The van der Waals surface area contributed by atoms with Gasteiger partial charge in [0, 0.05) is 43.5 Å². The van der Waals surface area contributed by atoms with Crippen LogP contribution in [0.5, 0.6) is 5.88 Å². The summed E-state index contributed by atoms with van der Waals surface area (Å²) in [6.07, 6.45) is -3.03. The molecule has 1 aliphatic rings. The van der Waals surface area contributed by atoms with Crippen molar-refractivity contribution in [1.29, 1.82) is 0 Å². The van der Waals surface area contributed by atoms with Gasteiger partial charge in [0.15, 0.2) is 5.52 Å². The predicted octanol–water partition coefficient (Wildman–Crippen LogP) is 4.73. The van der Waals surface area contributed by atoms with Crippen molar-refractivity contribution in [2.24, 2.45) is 7.05 Å². The van der Waals surface area contributed by atoms with Gasteiger partial charge in [0.2, 0.25) is 11.7 Å². The zero-order valence-corrected chi connectivity index (χ0v) is 20.1. The predicted molar refractivity (Wildman–Crippen MR) is 124 cm³/mol. The van der Waals surface area contributed by atoms with Crippen LogP contribution in [-0.2, 0) is 18.0 Å². The second-order valence-corrected chi connectivity index (χ2v) is 8.76. The fourth-order valence-corrected chi connectivity index (χ4v) is 4.47. The van der Waals surface area contributed by atoms with E-state index in [4.69, 9.17) is 9.47 Å².